The second kappa shape index (κ2) is 14.9. The minimum atomic E-state index is 1.33. The van der Waals surface area contributed by atoms with E-state index < -0.39 is 0 Å². The van der Waals surface area contributed by atoms with E-state index in [-0.39, 0.29) is 0 Å². The Morgan fingerprint density at radius 1 is 0.429 bits per heavy atom. The normalized spacial score (nSPS) is 12.0. The molecule has 0 aliphatic heterocycles. The molecule has 21 heavy (non-hydrogen) atoms. The highest BCUT2D eigenvalue weighted by Crippen LogP contribution is 2.14. The van der Waals surface area contributed by atoms with E-state index in [0.29, 0.717) is 0 Å². The second-order valence-electron chi connectivity index (χ2n) is 6.96. The van der Waals surface area contributed by atoms with Gasteiger partial charge in [0.25, 0.3) is 0 Å². The molecule has 0 aromatic heterocycles. The molecule has 0 aromatic rings. The van der Waals surface area contributed by atoms with Crippen molar-refractivity contribution in [3.63, 3.8) is 0 Å². The Balaban J connectivity index is 3.53. The van der Waals surface area contributed by atoms with E-state index in [0.717, 1.165) is 0 Å². The van der Waals surface area contributed by atoms with E-state index >= 15 is 0 Å². The van der Waals surface area contributed by atoms with Crippen LogP contribution in [0.3, 0.4) is 0 Å². The van der Waals surface area contributed by atoms with Gasteiger partial charge in [0, 0.05) is 0 Å². The minimum absolute atomic E-state index is 1.33. The summed E-state index contributed by atoms with van der Waals surface area (Å²) in [5.74, 6) is 0. The van der Waals surface area contributed by atoms with Crippen molar-refractivity contribution < 1.29 is 4.48 Å². The predicted octanol–water partition coefficient (Wildman–Crippen LogP) is 6.56. The number of unbranched alkanes of at least 4 members (excludes halogenated alkanes) is 10. The van der Waals surface area contributed by atoms with Gasteiger partial charge in [-0.05, 0) is 33.1 Å². The molecule has 0 N–H and O–H groups in total. The van der Waals surface area contributed by atoms with Crippen LogP contribution >= 0.6 is 0 Å². The molecule has 0 heterocycles. The van der Waals surface area contributed by atoms with Crippen LogP contribution in [0.5, 0.6) is 0 Å². The smallest absolute Gasteiger partial charge is 0.0786 e. The summed E-state index contributed by atoms with van der Waals surface area (Å²) in [4.78, 5) is 0. The predicted molar refractivity (Wildman–Crippen MR) is 97.8 cm³/mol. The molecule has 0 aliphatic carbocycles. The lowest BCUT2D eigenvalue weighted by molar-refractivity contribution is -0.925. The first-order valence-electron chi connectivity index (χ1n) is 10.1. The van der Waals surface area contributed by atoms with Crippen LogP contribution in [0.25, 0.3) is 0 Å². The second-order valence-corrected chi connectivity index (χ2v) is 6.96. The number of nitrogens with zero attached hydrogens (tertiary/aromatic N) is 1. The third-order valence-corrected chi connectivity index (χ3v) is 5.31. The molecule has 0 fully saturated rings. The Labute approximate surface area is 136 Å². The quantitative estimate of drug-likeness (QED) is 0.223. The summed E-state index contributed by atoms with van der Waals surface area (Å²) in [6.07, 6.45) is 17.3. The third kappa shape index (κ3) is 11.2. The molecule has 0 spiro atoms. The van der Waals surface area contributed by atoms with Gasteiger partial charge in [-0.15, -0.1) is 0 Å². The van der Waals surface area contributed by atoms with E-state index in [4.69, 9.17) is 0 Å². The molecule has 0 radical (unpaired) electrons. The average Bonchev–Trinajstić information content (AvgIpc) is 2.52. The van der Waals surface area contributed by atoms with Gasteiger partial charge < -0.3 is 4.48 Å². The molecule has 0 bridgehead atoms. The summed E-state index contributed by atoms with van der Waals surface area (Å²) >= 11 is 0. The van der Waals surface area contributed by atoms with Gasteiger partial charge >= 0.3 is 0 Å². The van der Waals surface area contributed by atoms with Crippen molar-refractivity contribution in [3.8, 4) is 0 Å². The van der Waals surface area contributed by atoms with E-state index in [1.165, 1.54) is 108 Å². The zero-order chi connectivity index (χ0) is 15.8. The highest BCUT2D eigenvalue weighted by molar-refractivity contribution is 4.49. The first-order valence-corrected chi connectivity index (χ1v) is 10.1. The van der Waals surface area contributed by atoms with Crippen molar-refractivity contribution in [2.75, 3.05) is 26.2 Å². The molecule has 0 saturated carbocycles. The Hall–Kier alpha value is -0.0400. The van der Waals surface area contributed by atoms with E-state index in [1.807, 2.05) is 0 Å². The van der Waals surface area contributed by atoms with E-state index in [2.05, 4.69) is 27.7 Å². The molecule has 0 unspecified atom stereocenters. The van der Waals surface area contributed by atoms with Crippen LogP contribution in [0.1, 0.15) is 105 Å². The lowest BCUT2D eigenvalue weighted by Crippen LogP contribution is -2.49. The zero-order valence-electron chi connectivity index (χ0n) is 15.8. The topological polar surface area (TPSA) is 0 Å². The van der Waals surface area contributed by atoms with Gasteiger partial charge in [-0.3, -0.25) is 0 Å². The van der Waals surface area contributed by atoms with Crippen LogP contribution in [0.15, 0.2) is 0 Å². The Bertz CT molecular complexity index is 196. The Morgan fingerprint density at radius 3 is 1.24 bits per heavy atom. The summed E-state index contributed by atoms with van der Waals surface area (Å²) in [6.45, 7) is 14.9. The molecule has 0 saturated heterocycles. The van der Waals surface area contributed by atoms with Crippen LogP contribution in [-0.4, -0.2) is 30.7 Å². The van der Waals surface area contributed by atoms with Crippen LogP contribution in [-0.2, 0) is 0 Å². The summed E-state index contributed by atoms with van der Waals surface area (Å²) in [5.41, 5.74) is 0. The SMILES string of the molecule is CCCCCCCCCCCC[N+](CC)(CC)CCCC. The van der Waals surface area contributed by atoms with Crippen molar-refractivity contribution in [2.45, 2.75) is 105 Å². The highest BCUT2D eigenvalue weighted by atomic mass is 15.3. The Morgan fingerprint density at radius 2 is 0.810 bits per heavy atom. The van der Waals surface area contributed by atoms with E-state index in [1.54, 1.807) is 0 Å². The van der Waals surface area contributed by atoms with Crippen molar-refractivity contribution in [3.05, 3.63) is 0 Å². The van der Waals surface area contributed by atoms with Crippen LogP contribution in [0.2, 0.25) is 0 Å². The maximum atomic E-state index is 2.38. The fourth-order valence-electron chi connectivity index (χ4n) is 3.40. The molecular weight excluding hydrogens is 254 g/mol. The fourth-order valence-corrected chi connectivity index (χ4v) is 3.40. The Kier molecular flexibility index (Phi) is 14.9. The standard InChI is InChI=1S/C20H44N/c1-5-9-11-12-13-14-15-16-17-18-20-21(7-3,8-4)19-10-6-2/h5-20H2,1-4H3/q+1. The van der Waals surface area contributed by atoms with Gasteiger partial charge in [-0.25, -0.2) is 0 Å². The van der Waals surface area contributed by atoms with Gasteiger partial charge in [-0.1, -0.05) is 71.6 Å². The maximum absolute atomic E-state index is 2.38. The van der Waals surface area contributed by atoms with Crippen molar-refractivity contribution in [1.82, 2.24) is 0 Å². The molecule has 1 nitrogen and oxygen atoms in total. The first kappa shape index (κ1) is 21.0. The molecule has 0 atom stereocenters. The molecule has 128 valence electrons. The highest BCUT2D eigenvalue weighted by Gasteiger charge is 2.21. The number of rotatable bonds is 16. The average molecular weight is 299 g/mol. The lowest BCUT2D eigenvalue weighted by Gasteiger charge is -2.37. The van der Waals surface area contributed by atoms with Gasteiger partial charge in [-0.2, -0.15) is 0 Å². The number of quaternary nitrogens is 1. The van der Waals surface area contributed by atoms with Gasteiger partial charge in [0.15, 0.2) is 0 Å². The van der Waals surface area contributed by atoms with Gasteiger partial charge in [0.05, 0.1) is 26.2 Å². The summed E-state index contributed by atoms with van der Waals surface area (Å²) in [7, 11) is 0. The van der Waals surface area contributed by atoms with Crippen molar-refractivity contribution >= 4 is 0 Å². The molecular formula is C20H44N+. The van der Waals surface area contributed by atoms with Crippen LogP contribution in [0.4, 0.5) is 0 Å². The largest absolute Gasteiger partial charge is 0.324 e. The summed E-state index contributed by atoms with van der Waals surface area (Å²) in [6, 6.07) is 0. The molecule has 1 heteroatoms. The summed E-state index contributed by atoms with van der Waals surface area (Å²) in [5, 5.41) is 0. The first-order chi connectivity index (χ1) is 10.2. The molecule has 0 amide bonds. The number of hydrogen-bond donors (Lipinski definition) is 0. The minimum Gasteiger partial charge on any atom is -0.324 e. The van der Waals surface area contributed by atoms with Crippen molar-refractivity contribution in [2.24, 2.45) is 0 Å². The zero-order valence-corrected chi connectivity index (χ0v) is 15.8. The lowest BCUT2D eigenvalue weighted by atomic mass is 10.1. The monoisotopic (exact) mass is 298 g/mol. The summed E-state index contributed by atoms with van der Waals surface area (Å²) < 4.78 is 1.37. The van der Waals surface area contributed by atoms with Crippen LogP contribution in [0, 0.1) is 0 Å². The third-order valence-electron chi connectivity index (χ3n) is 5.31. The van der Waals surface area contributed by atoms with Crippen LogP contribution < -0.4 is 0 Å². The molecule has 0 aromatic carbocycles. The van der Waals surface area contributed by atoms with Crippen molar-refractivity contribution in [1.29, 1.82) is 0 Å². The maximum Gasteiger partial charge on any atom is 0.0786 e. The number of hydrogen-bond acceptors (Lipinski definition) is 0. The van der Waals surface area contributed by atoms with E-state index in [9.17, 15) is 0 Å². The van der Waals surface area contributed by atoms with Gasteiger partial charge in [0.1, 0.15) is 0 Å². The van der Waals surface area contributed by atoms with Gasteiger partial charge in [0.2, 0.25) is 0 Å². The molecule has 0 aliphatic rings. The molecule has 0 rings (SSSR count). The fraction of sp³-hybridized carbons (Fsp3) is 1.00.